The quantitative estimate of drug-likeness (QED) is 0.578. The number of hydrogen-bond donors (Lipinski definition) is 0. The van der Waals surface area contributed by atoms with E-state index in [4.69, 9.17) is 0 Å². The molecule has 84 valence electrons. The van der Waals surface area contributed by atoms with E-state index in [1.54, 1.807) is 0 Å². The van der Waals surface area contributed by atoms with Crippen LogP contribution < -0.4 is 0 Å². The first-order valence-electron chi connectivity index (χ1n) is 5.83. The summed E-state index contributed by atoms with van der Waals surface area (Å²) >= 11 is 0. The molecule has 0 aliphatic heterocycles. The van der Waals surface area contributed by atoms with Gasteiger partial charge in [0.1, 0.15) is 0 Å². The number of para-hydroxylation sites is 1. The van der Waals surface area contributed by atoms with Crippen LogP contribution in [-0.2, 0) is 7.05 Å². The molecule has 0 bridgehead atoms. The fourth-order valence-corrected chi connectivity index (χ4v) is 2.65. The summed E-state index contributed by atoms with van der Waals surface area (Å²) < 4.78 is 2.25. The third kappa shape index (κ3) is 1.26. The molecule has 0 aliphatic rings. The van der Waals surface area contributed by atoms with E-state index in [-0.39, 0.29) is 0 Å². The first-order valence-corrected chi connectivity index (χ1v) is 5.83. The summed E-state index contributed by atoms with van der Waals surface area (Å²) in [5, 5.41) is 2.63. The van der Waals surface area contributed by atoms with Crippen LogP contribution in [-0.4, -0.2) is 4.57 Å². The van der Waals surface area contributed by atoms with Gasteiger partial charge in [0.25, 0.3) is 0 Å². The molecule has 1 nitrogen and oxygen atoms in total. The smallest absolute Gasteiger partial charge is 0.0495 e. The lowest BCUT2D eigenvalue weighted by molar-refractivity contribution is 1.01. The average molecular weight is 221 g/mol. The molecule has 0 spiro atoms. The molecule has 0 N–H and O–H groups in total. The molecule has 1 aromatic heterocycles. The Bertz CT molecular complexity index is 732. The maximum absolute atomic E-state index is 3.95. The highest BCUT2D eigenvalue weighted by atomic mass is 14.9. The Morgan fingerprint density at radius 1 is 1.06 bits per heavy atom. The Morgan fingerprint density at radius 2 is 1.82 bits per heavy atom. The zero-order valence-electron chi connectivity index (χ0n) is 10.2. The third-order valence-corrected chi connectivity index (χ3v) is 3.54. The summed E-state index contributed by atoms with van der Waals surface area (Å²) in [5.41, 5.74) is 5.08. The SMILES string of the molecule is C=Cc1c(C)ccc2c1c1ccccc1n2C. The van der Waals surface area contributed by atoms with E-state index >= 15 is 0 Å². The molecule has 2 aromatic carbocycles. The molecular weight excluding hydrogens is 206 g/mol. The van der Waals surface area contributed by atoms with Gasteiger partial charge in [-0.3, -0.25) is 0 Å². The van der Waals surface area contributed by atoms with Gasteiger partial charge in [0.2, 0.25) is 0 Å². The van der Waals surface area contributed by atoms with Crippen LogP contribution in [0.2, 0.25) is 0 Å². The van der Waals surface area contributed by atoms with Crippen LogP contribution in [0.15, 0.2) is 43.0 Å². The number of nitrogens with zero attached hydrogens (tertiary/aromatic N) is 1. The molecule has 0 fully saturated rings. The molecule has 0 saturated carbocycles. The van der Waals surface area contributed by atoms with Crippen molar-refractivity contribution in [3.8, 4) is 0 Å². The van der Waals surface area contributed by atoms with Gasteiger partial charge in [-0.2, -0.15) is 0 Å². The first kappa shape index (κ1) is 10.2. The van der Waals surface area contributed by atoms with Gasteiger partial charge < -0.3 is 4.57 Å². The molecule has 0 radical (unpaired) electrons. The van der Waals surface area contributed by atoms with E-state index in [0.717, 1.165) is 0 Å². The van der Waals surface area contributed by atoms with Gasteiger partial charge in [0.15, 0.2) is 0 Å². The molecule has 0 atom stereocenters. The topological polar surface area (TPSA) is 4.93 Å². The summed E-state index contributed by atoms with van der Waals surface area (Å²) in [7, 11) is 2.12. The monoisotopic (exact) mass is 221 g/mol. The van der Waals surface area contributed by atoms with E-state index in [1.807, 2.05) is 6.08 Å². The molecule has 1 heteroatoms. The number of aryl methyl sites for hydroxylation is 2. The largest absolute Gasteiger partial charge is 0.344 e. The van der Waals surface area contributed by atoms with Gasteiger partial charge in [0, 0.05) is 28.9 Å². The minimum absolute atomic E-state index is 1.25. The van der Waals surface area contributed by atoms with Crippen molar-refractivity contribution in [3.63, 3.8) is 0 Å². The Balaban J connectivity index is 2.68. The second-order valence-electron chi connectivity index (χ2n) is 4.47. The van der Waals surface area contributed by atoms with Crippen molar-refractivity contribution in [2.24, 2.45) is 7.05 Å². The van der Waals surface area contributed by atoms with Gasteiger partial charge in [-0.15, -0.1) is 0 Å². The van der Waals surface area contributed by atoms with Crippen molar-refractivity contribution in [3.05, 3.63) is 54.1 Å². The number of fused-ring (bicyclic) bond motifs is 3. The first-order chi connectivity index (χ1) is 8.24. The van der Waals surface area contributed by atoms with Crippen molar-refractivity contribution in [1.29, 1.82) is 0 Å². The van der Waals surface area contributed by atoms with Crippen LogP contribution in [0.1, 0.15) is 11.1 Å². The highest BCUT2D eigenvalue weighted by Crippen LogP contribution is 2.32. The minimum atomic E-state index is 1.25. The Morgan fingerprint density at radius 3 is 2.59 bits per heavy atom. The number of aromatic nitrogens is 1. The van der Waals surface area contributed by atoms with E-state index in [9.17, 15) is 0 Å². The second kappa shape index (κ2) is 3.49. The standard InChI is InChI=1S/C16H15N/c1-4-12-11(2)9-10-15-16(12)13-7-5-6-8-14(13)17(15)3/h4-10H,1H2,2-3H3. The number of rotatable bonds is 1. The molecule has 3 aromatic rings. The highest BCUT2D eigenvalue weighted by Gasteiger charge is 2.11. The van der Waals surface area contributed by atoms with Crippen molar-refractivity contribution in [1.82, 2.24) is 4.57 Å². The zero-order chi connectivity index (χ0) is 12.0. The van der Waals surface area contributed by atoms with Crippen molar-refractivity contribution < 1.29 is 0 Å². The average Bonchev–Trinajstić information content (AvgIpc) is 2.64. The maximum Gasteiger partial charge on any atom is 0.0495 e. The van der Waals surface area contributed by atoms with Crippen molar-refractivity contribution in [2.45, 2.75) is 6.92 Å². The molecule has 0 amide bonds. The predicted molar refractivity (Wildman–Crippen MR) is 75.3 cm³/mol. The lowest BCUT2D eigenvalue weighted by atomic mass is 10.0. The molecule has 0 unspecified atom stereocenters. The van der Waals surface area contributed by atoms with E-state index in [1.165, 1.54) is 32.9 Å². The Labute approximate surface area is 101 Å². The molecule has 0 aliphatic carbocycles. The number of benzene rings is 2. The van der Waals surface area contributed by atoms with Crippen LogP contribution in [0.3, 0.4) is 0 Å². The predicted octanol–water partition coefficient (Wildman–Crippen LogP) is 4.28. The molecule has 17 heavy (non-hydrogen) atoms. The Hall–Kier alpha value is -2.02. The van der Waals surface area contributed by atoms with Crippen LogP contribution in [0.25, 0.3) is 27.9 Å². The van der Waals surface area contributed by atoms with Gasteiger partial charge in [-0.1, -0.05) is 36.9 Å². The normalized spacial score (nSPS) is 11.2. The van der Waals surface area contributed by atoms with E-state index < -0.39 is 0 Å². The lowest BCUT2D eigenvalue weighted by Crippen LogP contribution is -1.87. The van der Waals surface area contributed by atoms with Gasteiger partial charge in [-0.05, 0) is 30.2 Å². The third-order valence-electron chi connectivity index (χ3n) is 3.54. The summed E-state index contributed by atoms with van der Waals surface area (Å²) in [6.07, 6.45) is 1.96. The van der Waals surface area contributed by atoms with Gasteiger partial charge in [-0.25, -0.2) is 0 Å². The highest BCUT2D eigenvalue weighted by molar-refractivity contribution is 6.12. The van der Waals surface area contributed by atoms with Crippen LogP contribution >= 0.6 is 0 Å². The van der Waals surface area contributed by atoms with Gasteiger partial charge >= 0.3 is 0 Å². The van der Waals surface area contributed by atoms with E-state index in [2.05, 4.69) is 61.5 Å². The summed E-state index contributed by atoms with van der Waals surface area (Å²) in [6, 6.07) is 12.9. The second-order valence-corrected chi connectivity index (χ2v) is 4.47. The molecule has 1 heterocycles. The molecular formula is C16H15N. The van der Waals surface area contributed by atoms with Crippen LogP contribution in [0, 0.1) is 6.92 Å². The van der Waals surface area contributed by atoms with E-state index in [0.29, 0.717) is 0 Å². The molecule has 0 saturated heterocycles. The zero-order valence-corrected chi connectivity index (χ0v) is 10.2. The summed E-state index contributed by atoms with van der Waals surface area (Å²) in [4.78, 5) is 0. The van der Waals surface area contributed by atoms with Crippen LogP contribution in [0.4, 0.5) is 0 Å². The fraction of sp³-hybridized carbons (Fsp3) is 0.125. The van der Waals surface area contributed by atoms with Crippen molar-refractivity contribution in [2.75, 3.05) is 0 Å². The summed E-state index contributed by atoms with van der Waals surface area (Å²) in [6.45, 7) is 6.09. The lowest BCUT2D eigenvalue weighted by Gasteiger charge is -2.03. The van der Waals surface area contributed by atoms with Gasteiger partial charge in [0.05, 0.1) is 0 Å². The van der Waals surface area contributed by atoms with Crippen molar-refractivity contribution >= 4 is 27.9 Å². The minimum Gasteiger partial charge on any atom is -0.344 e. The summed E-state index contributed by atoms with van der Waals surface area (Å²) in [5.74, 6) is 0. The fourth-order valence-electron chi connectivity index (χ4n) is 2.65. The Kier molecular flexibility index (Phi) is 2.08. The maximum atomic E-state index is 3.95. The molecule has 3 rings (SSSR count). The number of hydrogen-bond acceptors (Lipinski definition) is 0. The van der Waals surface area contributed by atoms with Crippen LogP contribution in [0.5, 0.6) is 0 Å².